The number of carbonyl (C=O) groups excluding carboxylic acids is 1. The second-order valence-corrected chi connectivity index (χ2v) is 6.51. The number of hydrogen-bond donors (Lipinski definition) is 0. The summed E-state index contributed by atoms with van der Waals surface area (Å²) in [5.74, 6) is 0.115. The average Bonchev–Trinajstić information content (AvgIpc) is 2.45. The van der Waals surface area contributed by atoms with Gasteiger partial charge in [0.05, 0.1) is 5.56 Å². The summed E-state index contributed by atoms with van der Waals surface area (Å²) in [4.78, 5) is 22.8. The van der Waals surface area contributed by atoms with Gasteiger partial charge in [-0.25, -0.2) is 23.5 Å². The zero-order chi connectivity index (χ0) is 17.2. The minimum Gasteiger partial charge on any atom is -0.444 e. The summed E-state index contributed by atoms with van der Waals surface area (Å²) in [6.07, 6.45) is -2.02. The van der Waals surface area contributed by atoms with Gasteiger partial charge < -0.3 is 14.5 Å². The first-order chi connectivity index (χ1) is 10.7. The minimum atomic E-state index is -2.76. The van der Waals surface area contributed by atoms with Gasteiger partial charge >= 0.3 is 6.09 Å². The van der Waals surface area contributed by atoms with Crippen molar-refractivity contribution in [2.45, 2.75) is 32.8 Å². The summed E-state index contributed by atoms with van der Waals surface area (Å²) < 4.78 is 31.6. The number of hydrogen-bond acceptors (Lipinski definition) is 5. The minimum absolute atomic E-state index is 0.115. The number of carbonyl (C=O) groups is 1. The fourth-order valence-corrected chi connectivity index (χ4v) is 2.44. The Labute approximate surface area is 138 Å². The largest absolute Gasteiger partial charge is 0.444 e. The lowest BCUT2D eigenvalue weighted by Crippen LogP contribution is -2.50. The Hall–Kier alpha value is -1.70. The smallest absolute Gasteiger partial charge is 0.410 e. The highest BCUT2D eigenvalue weighted by Crippen LogP contribution is 2.33. The van der Waals surface area contributed by atoms with Crippen LogP contribution in [0.25, 0.3) is 0 Å². The van der Waals surface area contributed by atoms with Crippen molar-refractivity contribution in [2.75, 3.05) is 31.1 Å². The van der Waals surface area contributed by atoms with Crippen molar-refractivity contribution in [1.82, 2.24) is 14.9 Å². The monoisotopic (exact) mass is 348 g/mol. The molecule has 1 fully saturated rings. The molecule has 1 aromatic heterocycles. The number of amides is 1. The molecule has 1 aliphatic rings. The molecule has 1 aromatic rings. The van der Waals surface area contributed by atoms with E-state index in [1.165, 1.54) is 0 Å². The van der Waals surface area contributed by atoms with Crippen molar-refractivity contribution >= 4 is 23.5 Å². The van der Waals surface area contributed by atoms with Gasteiger partial charge in [-0.05, 0) is 20.8 Å². The second-order valence-electron chi connectivity index (χ2n) is 6.16. The highest BCUT2D eigenvalue weighted by atomic mass is 35.5. The topological polar surface area (TPSA) is 58.6 Å². The Balaban J connectivity index is 2.06. The van der Waals surface area contributed by atoms with Gasteiger partial charge in [-0.1, -0.05) is 11.6 Å². The molecule has 1 amide bonds. The SMILES string of the molecule is CC(C)(C)OC(=O)N1CCN(c2ncnc(Cl)c2C(F)F)CC1. The van der Waals surface area contributed by atoms with Crippen LogP contribution in [0.1, 0.15) is 32.8 Å². The maximum Gasteiger partial charge on any atom is 0.410 e. The number of piperazine rings is 1. The van der Waals surface area contributed by atoms with E-state index in [1.807, 2.05) is 0 Å². The maximum absolute atomic E-state index is 13.2. The summed E-state index contributed by atoms with van der Waals surface area (Å²) in [5.41, 5.74) is -0.947. The molecule has 0 bridgehead atoms. The molecule has 9 heteroatoms. The third-order valence-electron chi connectivity index (χ3n) is 3.26. The zero-order valence-electron chi connectivity index (χ0n) is 13.2. The number of ether oxygens (including phenoxy) is 1. The highest BCUT2D eigenvalue weighted by Gasteiger charge is 2.29. The van der Waals surface area contributed by atoms with Gasteiger partial charge in [0.1, 0.15) is 22.9 Å². The molecule has 0 radical (unpaired) electrons. The van der Waals surface area contributed by atoms with Gasteiger partial charge in [-0.3, -0.25) is 0 Å². The van der Waals surface area contributed by atoms with Gasteiger partial charge in [0.2, 0.25) is 0 Å². The lowest BCUT2D eigenvalue weighted by molar-refractivity contribution is 0.0240. The quantitative estimate of drug-likeness (QED) is 0.768. The molecule has 1 saturated heterocycles. The molecular formula is C14H19ClF2N4O2. The van der Waals surface area contributed by atoms with E-state index in [0.717, 1.165) is 6.33 Å². The molecule has 128 valence electrons. The van der Waals surface area contributed by atoms with Gasteiger partial charge in [0, 0.05) is 26.2 Å². The molecule has 0 aromatic carbocycles. The molecule has 0 spiro atoms. The van der Waals surface area contributed by atoms with Crippen molar-refractivity contribution < 1.29 is 18.3 Å². The third-order valence-corrected chi connectivity index (χ3v) is 3.56. The molecule has 6 nitrogen and oxygen atoms in total. The van der Waals surface area contributed by atoms with E-state index < -0.39 is 18.1 Å². The van der Waals surface area contributed by atoms with Crippen LogP contribution in [0.15, 0.2) is 6.33 Å². The van der Waals surface area contributed by atoms with Crippen molar-refractivity contribution in [1.29, 1.82) is 0 Å². The lowest BCUT2D eigenvalue weighted by Gasteiger charge is -2.36. The summed E-state index contributed by atoms with van der Waals surface area (Å²) in [5, 5.41) is -0.250. The standard InChI is InChI=1S/C14H19ClF2N4O2/c1-14(2,3)23-13(22)21-6-4-20(5-7-21)12-9(11(16)17)10(15)18-8-19-12/h8,11H,4-7H2,1-3H3. The van der Waals surface area contributed by atoms with Crippen LogP contribution in [0.5, 0.6) is 0 Å². The van der Waals surface area contributed by atoms with Crippen LogP contribution in [0.3, 0.4) is 0 Å². The molecule has 0 N–H and O–H groups in total. The average molecular weight is 349 g/mol. The van der Waals surface area contributed by atoms with Crippen LogP contribution >= 0.6 is 11.6 Å². The number of anilines is 1. The van der Waals surface area contributed by atoms with E-state index in [9.17, 15) is 13.6 Å². The highest BCUT2D eigenvalue weighted by molar-refractivity contribution is 6.30. The predicted molar refractivity (Wildman–Crippen MR) is 82.0 cm³/mol. The van der Waals surface area contributed by atoms with E-state index in [-0.39, 0.29) is 16.5 Å². The number of rotatable bonds is 2. The Bertz CT molecular complexity index is 572. The summed E-state index contributed by atoms with van der Waals surface area (Å²) in [6, 6.07) is 0. The zero-order valence-corrected chi connectivity index (χ0v) is 14.0. The fourth-order valence-electron chi connectivity index (χ4n) is 2.23. The molecule has 2 heterocycles. The molecule has 0 atom stereocenters. The normalized spacial score (nSPS) is 16.0. The van der Waals surface area contributed by atoms with Crippen molar-refractivity contribution in [3.8, 4) is 0 Å². The number of halogens is 3. The van der Waals surface area contributed by atoms with E-state index in [2.05, 4.69) is 9.97 Å². The molecule has 0 unspecified atom stereocenters. The Kier molecular flexibility index (Phi) is 5.23. The number of nitrogens with zero attached hydrogens (tertiary/aromatic N) is 4. The van der Waals surface area contributed by atoms with E-state index in [4.69, 9.17) is 16.3 Å². The third kappa shape index (κ3) is 4.40. The van der Waals surface area contributed by atoms with E-state index in [0.29, 0.717) is 26.2 Å². The second kappa shape index (κ2) is 6.82. The van der Waals surface area contributed by atoms with Gasteiger partial charge in [-0.2, -0.15) is 0 Å². The van der Waals surface area contributed by atoms with Crippen LogP contribution in [-0.4, -0.2) is 52.7 Å². The molecule has 23 heavy (non-hydrogen) atoms. The first kappa shape index (κ1) is 17.7. The summed E-state index contributed by atoms with van der Waals surface area (Å²) >= 11 is 5.75. The molecule has 0 saturated carbocycles. The molecule has 2 rings (SSSR count). The predicted octanol–water partition coefficient (Wildman–Crippen LogP) is 3.12. The van der Waals surface area contributed by atoms with Crippen molar-refractivity contribution in [3.05, 3.63) is 17.0 Å². The van der Waals surface area contributed by atoms with E-state index in [1.54, 1.807) is 30.6 Å². The van der Waals surface area contributed by atoms with E-state index >= 15 is 0 Å². The Morgan fingerprint density at radius 2 is 1.87 bits per heavy atom. The molecule has 0 aliphatic carbocycles. The number of aromatic nitrogens is 2. The van der Waals surface area contributed by atoms with Gasteiger partial charge in [-0.15, -0.1) is 0 Å². The summed E-state index contributed by atoms with van der Waals surface area (Å²) in [6.45, 7) is 6.83. The van der Waals surface area contributed by atoms with Crippen molar-refractivity contribution in [2.24, 2.45) is 0 Å². The maximum atomic E-state index is 13.2. The first-order valence-electron chi connectivity index (χ1n) is 7.20. The molecular weight excluding hydrogens is 330 g/mol. The summed E-state index contributed by atoms with van der Waals surface area (Å²) in [7, 11) is 0. The van der Waals surface area contributed by atoms with Crippen molar-refractivity contribution in [3.63, 3.8) is 0 Å². The van der Waals surface area contributed by atoms with Crippen LogP contribution < -0.4 is 4.90 Å². The number of alkyl halides is 2. The lowest BCUT2D eigenvalue weighted by atomic mass is 10.2. The Morgan fingerprint density at radius 3 is 2.39 bits per heavy atom. The van der Waals surface area contributed by atoms with Crippen LogP contribution in [0, 0.1) is 0 Å². The van der Waals surface area contributed by atoms with Crippen LogP contribution in [0.2, 0.25) is 5.15 Å². The van der Waals surface area contributed by atoms with Crippen LogP contribution in [-0.2, 0) is 4.74 Å². The fraction of sp³-hybridized carbons (Fsp3) is 0.643. The van der Waals surface area contributed by atoms with Gasteiger partial charge in [0.25, 0.3) is 6.43 Å². The van der Waals surface area contributed by atoms with Crippen LogP contribution in [0.4, 0.5) is 19.4 Å². The first-order valence-corrected chi connectivity index (χ1v) is 7.58. The molecule has 1 aliphatic heterocycles. The Morgan fingerprint density at radius 1 is 1.26 bits per heavy atom. The van der Waals surface area contributed by atoms with Gasteiger partial charge in [0.15, 0.2) is 0 Å².